The first-order chi connectivity index (χ1) is 8.99. The lowest BCUT2D eigenvalue weighted by Gasteiger charge is -2.25. The number of rotatable bonds is 6. The van der Waals surface area contributed by atoms with Gasteiger partial charge in [-0.05, 0) is 23.5 Å². The van der Waals surface area contributed by atoms with Crippen LogP contribution in [0.25, 0.3) is 0 Å². The third-order valence-electron chi connectivity index (χ3n) is 3.55. The molecule has 0 aliphatic heterocycles. The predicted molar refractivity (Wildman–Crippen MR) is 77.7 cm³/mol. The van der Waals surface area contributed by atoms with Crippen molar-refractivity contribution in [2.75, 3.05) is 13.7 Å². The van der Waals surface area contributed by atoms with Crippen LogP contribution in [0.3, 0.4) is 0 Å². The third-order valence-corrected chi connectivity index (χ3v) is 3.55. The van der Waals surface area contributed by atoms with E-state index in [0.717, 1.165) is 12.0 Å². The second-order valence-corrected chi connectivity index (χ2v) is 5.40. The number of hydrogen-bond donors (Lipinski definition) is 1. The molecule has 0 radical (unpaired) electrons. The van der Waals surface area contributed by atoms with E-state index in [1.54, 1.807) is 11.9 Å². The minimum Gasteiger partial charge on any atom is -0.396 e. The number of carbonyl (C=O) groups is 1. The van der Waals surface area contributed by atoms with E-state index in [-0.39, 0.29) is 24.3 Å². The standard InChI is InChI=1S/C16H25NO2/c1-5-13-6-8-14(9-7-13)10-17(4)16(19)15(11-18)12(2)3/h6-9,12,15,18H,5,10-11H2,1-4H3. The Kier molecular flexibility index (Phi) is 6.03. The van der Waals surface area contributed by atoms with Gasteiger partial charge in [-0.25, -0.2) is 0 Å². The Morgan fingerprint density at radius 3 is 2.16 bits per heavy atom. The second kappa shape index (κ2) is 7.29. The molecule has 106 valence electrons. The summed E-state index contributed by atoms with van der Waals surface area (Å²) in [5.41, 5.74) is 2.42. The van der Waals surface area contributed by atoms with Crippen LogP contribution in [0.1, 0.15) is 31.9 Å². The lowest BCUT2D eigenvalue weighted by molar-refractivity contribution is -0.137. The molecule has 1 unspecified atom stereocenters. The fourth-order valence-electron chi connectivity index (χ4n) is 2.09. The molecule has 3 heteroatoms. The molecule has 0 aliphatic carbocycles. The number of carbonyl (C=O) groups excluding carboxylic acids is 1. The first-order valence-corrected chi connectivity index (χ1v) is 6.93. The van der Waals surface area contributed by atoms with Crippen molar-refractivity contribution in [3.8, 4) is 0 Å². The van der Waals surface area contributed by atoms with Gasteiger partial charge in [0.05, 0.1) is 12.5 Å². The first kappa shape index (κ1) is 15.7. The molecule has 1 aromatic carbocycles. The van der Waals surface area contributed by atoms with Gasteiger partial charge in [0, 0.05) is 13.6 Å². The molecule has 1 amide bonds. The number of aliphatic hydroxyl groups is 1. The minimum atomic E-state index is -0.306. The van der Waals surface area contributed by atoms with Crippen molar-refractivity contribution in [2.24, 2.45) is 11.8 Å². The molecule has 0 bridgehead atoms. The van der Waals surface area contributed by atoms with Gasteiger partial charge in [0.15, 0.2) is 0 Å². The highest BCUT2D eigenvalue weighted by atomic mass is 16.3. The van der Waals surface area contributed by atoms with Gasteiger partial charge >= 0.3 is 0 Å². The van der Waals surface area contributed by atoms with E-state index in [9.17, 15) is 9.90 Å². The monoisotopic (exact) mass is 263 g/mol. The molecule has 1 aromatic rings. The normalized spacial score (nSPS) is 12.5. The van der Waals surface area contributed by atoms with Gasteiger partial charge in [-0.3, -0.25) is 4.79 Å². The molecular formula is C16H25NO2. The summed E-state index contributed by atoms with van der Waals surface area (Å²) in [6.07, 6.45) is 1.02. The topological polar surface area (TPSA) is 40.5 Å². The highest BCUT2D eigenvalue weighted by Gasteiger charge is 2.24. The molecule has 0 aliphatic rings. The van der Waals surface area contributed by atoms with Crippen molar-refractivity contribution in [2.45, 2.75) is 33.7 Å². The molecule has 0 saturated carbocycles. The van der Waals surface area contributed by atoms with E-state index in [0.29, 0.717) is 6.54 Å². The quantitative estimate of drug-likeness (QED) is 0.856. The van der Waals surface area contributed by atoms with E-state index in [2.05, 4.69) is 31.2 Å². The number of hydrogen-bond acceptors (Lipinski definition) is 2. The minimum absolute atomic E-state index is 0.0112. The molecule has 0 heterocycles. The molecule has 3 nitrogen and oxygen atoms in total. The first-order valence-electron chi connectivity index (χ1n) is 6.93. The van der Waals surface area contributed by atoms with Crippen LogP contribution in [0.5, 0.6) is 0 Å². The highest BCUT2D eigenvalue weighted by molar-refractivity contribution is 5.78. The van der Waals surface area contributed by atoms with E-state index in [1.165, 1.54) is 5.56 Å². The Bertz CT molecular complexity index is 398. The summed E-state index contributed by atoms with van der Waals surface area (Å²) in [6, 6.07) is 8.32. The van der Waals surface area contributed by atoms with Crippen molar-refractivity contribution in [1.29, 1.82) is 0 Å². The van der Waals surface area contributed by atoms with Crippen LogP contribution in [0.2, 0.25) is 0 Å². The lowest BCUT2D eigenvalue weighted by Crippen LogP contribution is -2.36. The number of aliphatic hydroxyl groups excluding tert-OH is 1. The van der Waals surface area contributed by atoms with Crippen molar-refractivity contribution < 1.29 is 9.90 Å². The maximum Gasteiger partial charge on any atom is 0.228 e. The molecular weight excluding hydrogens is 238 g/mol. The van der Waals surface area contributed by atoms with Crippen LogP contribution in [-0.4, -0.2) is 29.6 Å². The van der Waals surface area contributed by atoms with Crippen molar-refractivity contribution in [3.05, 3.63) is 35.4 Å². The van der Waals surface area contributed by atoms with Gasteiger partial charge in [-0.15, -0.1) is 0 Å². The zero-order valence-electron chi connectivity index (χ0n) is 12.4. The molecule has 19 heavy (non-hydrogen) atoms. The van der Waals surface area contributed by atoms with E-state index < -0.39 is 0 Å². The van der Waals surface area contributed by atoms with Gasteiger partial charge < -0.3 is 10.0 Å². The molecule has 0 aromatic heterocycles. The van der Waals surface area contributed by atoms with Crippen LogP contribution in [0.15, 0.2) is 24.3 Å². The summed E-state index contributed by atoms with van der Waals surface area (Å²) in [7, 11) is 1.79. The van der Waals surface area contributed by atoms with E-state index in [1.807, 2.05) is 13.8 Å². The zero-order valence-corrected chi connectivity index (χ0v) is 12.4. The van der Waals surface area contributed by atoms with Gasteiger partial charge in [0.2, 0.25) is 5.91 Å². The van der Waals surface area contributed by atoms with Crippen LogP contribution in [-0.2, 0) is 17.8 Å². The third kappa shape index (κ3) is 4.35. The summed E-state index contributed by atoms with van der Waals surface area (Å²) >= 11 is 0. The molecule has 0 saturated heterocycles. The fourth-order valence-corrected chi connectivity index (χ4v) is 2.09. The Morgan fingerprint density at radius 1 is 1.21 bits per heavy atom. The Morgan fingerprint density at radius 2 is 1.74 bits per heavy atom. The molecule has 1 atom stereocenters. The van der Waals surface area contributed by atoms with Gasteiger partial charge in [-0.1, -0.05) is 45.0 Å². The van der Waals surface area contributed by atoms with Crippen molar-refractivity contribution >= 4 is 5.91 Å². The molecule has 0 spiro atoms. The number of benzene rings is 1. The average Bonchev–Trinajstić information content (AvgIpc) is 2.39. The Hall–Kier alpha value is -1.35. The van der Waals surface area contributed by atoms with Crippen LogP contribution >= 0.6 is 0 Å². The zero-order chi connectivity index (χ0) is 14.4. The van der Waals surface area contributed by atoms with E-state index in [4.69, 9.17) is 0 Å². The molecule has 1 N–H and O–H groups in total. The summed E-state index contributed by atoms with van der Waals surface area (Å²) in [5.74, 6) is -0.139. The summed E-state index contributed by atoms with van der Waals surface area (Å²) < 4.78 is 0. The molecule has 0 fully saturated rings. The van der Waals surface area contributed by atoms with Gasteiger partial charge in [-0.2, -0.15) is 0 Å². The summed E-state index contributed by atoms with van der Waals surface area (Å²) in [4.78, 5) is 13.9. The van der Waals surface area contributed by atoms with Crippen LogP contribution in [0.4, 0.5) is 0 Å². The maximum atomic E-state index is 12.2. The Balaban J connectivity index is 2.67. The number of amides is 1. The highest BCUT2D eigenvalue weighted by Crippen LogP contribution is 2.15. The summed E-state index contributed by atoms with van der Waals surface area (Å²) in [6.45, 7) is 6.55. The Labute approximate surface area is 116 Å². The summed E-state index contributed by atoms with van der Waals surface area (Å²) in [5, 5.41) is 9.30. The van der Waals surface area contributed by atoms with Crippen LogP contribution in [0, 0.1) is 11.8 Å². The smallest absolute Gasteiger partial charge is 0.228 e. The van der Waals surface area contributed by atoms with Crippen molar-refractivity contribution in [1.82, 2.24) is 4.90 Å². The number of aryl methyl sites for hydroxylation is 1. The van der Waals surface area contributed by atoms with Crippen molar-refractivity contribution in [3.63, 3.8) is 0 Å². The fraction of sp³-hybridized carbons (Fsp3) is 0.562. The lowest BCUT2D eigenvalue weighted by atomic mass is 9.95. The maximum absolute atomic E-state index is 12.2. The largest absolute Gasteiger partial charge is 0.396 e. The average molecular weight is 263 g/mol. The molecule has 1 rings (SSSR count). The second-order valence-electron chi connectivity index (χ2n) is 5.40. The number of nitrogens with zero attached hydrogens (tertiary/aromatic N) is 1. The predicted octanol–water partition coefficient (Wildman–Crippen LogP) is 2.47. The SMILES string of the molecule is CCc1ccc(CN(C)C(=O)C(CO)C(C)C)cc1. The van der Waals surface area contributed by atoms with Crippen LogP contribution < -0.4 is 0 Å². The van der Waals surface area contributed by atoms with Gasteiger partial charge in [0.25, 0.3) is 0 Å². The van der Waals surface area contributed by atoms with Gasteiger partial charge in [0.1, 0.15) is 0 Å². The van der Waals surface area contributed by atoms with E-state index >= 15 is 0 Å².